The zero-order valence-corrected chi connectivity index (χ0v) is 9.86. The third-order valence-electron chi connectivity index (χ3n) is 2.02. The number of aromatic nitrogens is 1. The second-order valence-corrected chi connectivity index (χ2v) is 4.97. The van der Waals surface area contributed by atoms with E-state index in [1.54, 1.807) is 11.3 Å². The van der Waals surface area contributed by atoms with Gasteiger partial charge in [-0.15, -0.1) is 11.3 Å². The molecule has 0 atom stereocenters. The van der Waals surface area contributed by atoms with Crippen LogP contribution in [0.3, 0.4) is 0 Å². The Hall–Kier alpha value is -0.700. The molecule has 0 unspecified atom stereocenters. The maximum absolute atomic E-state index is 11.5. The van der Waals surface area contributed by atoms with E-state index in [-0.39, 0.29) is 0 Å². The molecule has 0 saturated heterocycles. The van der Waals surface area contributed by atoms with Crippen LogP contribution in [0.15, 0.2) is 5.38 Å². The minimum Gasteiger partial charge on any atom is -0.299 e. The van der Waals surface area contributed by atoms with Crippen molar-refractivity contribution < 1.29 is 4.79 Å². The van der Waals surface area contributed by atoms with Crippen molar-refractivity contribution in [2.45, 2.75) is 40.0 Å². The number of carbonyl (C=O) groups is 1. The summed E-state index contributed by atoms with van der Waals surface area (Å²) in [6.07, 6.45) is 2.20. The van der Waals surface area contributed by atoms with E-state index in [4.69, 9.17) is 0 Å². The molecular formula is C11H17NOS. The molecule has 0 radical (unpaired) electrons. The molecule has 0 spiro atoms. The third-order valence-corrected chi connectivity index (χ3v) is 2.98. The van der Waals surface area contributed by atoms with Crippen molar-refractivity contribution in [3.05, 3.63) is 16.1 Å². The topological polar surface area (TPSA) is 30.0 Å². The average Bonchev–Trinajstić information content (AvgIpc) is 2.48. The summed E-state index contributed by atoms with van der Waals surface area (Å²) in [5, 5.41) is 2.95. The Bertz CT molecular complexity index is 304. The molecule has 0 aromatic carbocycles. The van der Waals surface area contributed by atoms with Gasteiger partial charge in [-0.05, 0) is 19.3 Å². The van der Waals surface area contributed by atoms with Crippen LogP contribution in [0.1, 0.15) is 37.4 Å². The lowest BCUT2D eigenvalue weighted by atomic mass is 10.0. The number of aryl methyl sites for hydroxylation is 1. The molecule has 0 aliphatic rings. The Labute approximate surface area is 89.4 Å². The number of carbonyl (C=O) groups excluding carboxylic acids is 1. The van der Waals surface area contributed by atoms with E-state index in [2.05, 4.69) is 18.8 Å². The summed E-state index contributed by atoms with van der Waals surface area (Å²) in [6.45, 7) is 6.24. The van der Waals surface area contributed by atoms with Crippen molar-refractivity contribution in [3.63, 3.8) is 0 Å². The first kappa shape index (κ1) is 11.4. The summed E-state index contributed by atoms with van der Waals surface area (Å²) in [6, 6.07) is 0. The number of Topliss-reactive ketones (excluding diaryl/α,β-unsaturated/α-hetero) is 1. The highest BCUT2D eigenvalue weighted by molar-refractivity contribution is 7.09. The van der Waals surface area contributed by atoms with E-state index >= 15 is 0 Å². The molecule has 0 bridgehead atoms. The fourth-order valence-corrected chi connectivity index (χ4v) is 1.99. The second kappa shape index (κ2) is 5.25. The first-order valence-electron chi connectivity index (χ1n) is 5.00. The molecule has 0 saturated carbocycles. The molecule has 78 valence electrons. The number of thiazole rings is 1. The minimum absolute atomic E-state index is 0.313. The molecule has 1 heterocycles. The molecule has 3 heteroatoms. The summed E-state index contributed by atoms with van der Waals surface area (Å²) in [5.74, 6) is 0.921. The monoisotopic (exact) mass is 211 g/mol. The molecule has 1 rings (SSSR count). The highest BCUT2D eigenvalue weighted by Gasteiger charge is 2.07. The normalized spacial score (nSPS) is 10.9. The Morgan fingerprint density at radius 3 is 2.79 bits per heavy atom. The summed E-state index contributed by atoms with van der Waals surface area (Å²) in [5.41, 5.74) is 1.02. The molecule has 0 amide bonds. The zero-order chi connectivity index (χ0) is 10.6. The van der Waals surface area contributed by atoms with Crippen molar-refractivity contribution in [1.82, 2.24) is 4.98 Å². The second-order valence-electron chi connectivity index (χ2n) is 4.03. The van der Waals surface area contributed by atoms with Crippen molar-refractivity contribution in [2.24, 2.45) is 5.92 Å². The van der Waals surface area contributed by atoms with Gasteiger partial charge in [0.15, 0.2) is 0 Å². The van der Waals surface area contributed by atoms with E-state index in [0.717, 1.165) is 17.1 Å². The molecular weight excluding hydrogens is 194 g/mol. The van der Waals surface area contributed by atoms with Crippen LogP contribution in [0.5, 0.6) is 0 Å². The maximum Gasteiger partial charge on any atom is 0.139 e. The molecule has 0 aliphatic carbocycles. The van der Waals surface area contributed by atoms with E-state index in [1.165, 1.54) is 0 Å². The summed E-state index contributed by atoms with van der Waals surface area (Å²) >= 11 is 1.58. The fraction of sp³-hybridized carbons (Fsp3) is 0.636. The highest BCUT2D eigenvalue weighted by Crippen LogP contribution is 2.12. The zero-order valence-electron chi connectivity index (χ0n) is 9.04. The van der Waals surface area contributed by atoms with E-state index in [9.17, 15) is 4.79 Å². The van der Waals surface area contributed by atoms with E-state index in [1.807, 2.05) is 12.3 Å². The molecule has 0 fully saturated rings. The van der Waals surface area contributed by atoms with Crippen molar-refractivity contribution in [3.8, 4) is 0 Å². The Morgan fingerprint density at radius 1 is 1.57 bits per heavy atom. The van der Waals surface area contributed by atoms with Gasteiger partial charge in [0.25, 0.3) is 0 Å². The van der Waals surface area contributed by atoms with Crippen LogP contribution in [0, 0.1) is 12.8 Å². The number of hydrogen-bond acceptors (Lipinski definition) is 3. The van der Waals surface area contributed by atoms with E-state index < -0.39 is 0 Å². The van der Waals surface area contributed by atoms with E-state index in [0.29, 0.717) is 24.5 Å². The van der Waals surface area contributed by atoms with Crippen LogP contribution in [0.25, 0.3) is 0 Å². The number of nitrogens with zero attached hydrogens (tertiary/aromatic N) is 1. The Kier molecular flexibility index (Phi) is 4.26. The van der Waals surface area contributed by atoms with Gasteiger partial charge in [-0.25, -0.2) is 4.98 Å². The standard InChI is InChI=1S/C11H17NOS/c1-8(2)4-5-10(13)6-11-12-9(3)7-14-11/h7-8H,4-6H2,1-3H3. The van der Waals surface area contributed by atoms with Crippen molar-refractivity contribution in [2.75, 3.05) is 0 Å². The predicted octanol–water partition coefficient (Wildman–Crippen LogP) is 3.00. The number of ketones is 1. The average molecular weight is 211 g/mol. The first-order valence-corrected chi connectivity index (χ1v) is 5.88. The SMILES string of the molecule is Cc1csc(CC(=O)CCC(C)C)n1. The highest BCUT2D eigenvalue weighted by atomic mass is 32.1. The smallest absolute Gasteiger partial charge is 0.139 e. The van der Waals surface area contributed by atoms with Gasteiger partial charge < -0.3 is 0 Å². The predicted molar refractivity (Wildman–Crippen MR) is 59.6 cm³/mol. The quantitative estimate of drug-likeness (QED) is 0.749. The summed E-state index contributed by atoms with van der Waals surface area (Å²) in [4.78, 5) is 15.8. The van der Waals surface area contributed by atoms with Gasteiger partial charge in [-0.1, -0.05) is 13.8 Å². The minimum atomic E-state index is 0.313. The fourth-order valence-electron chi connectivity index (χ4n) is 1.19. The lowest BCUT2D eigenvalue weighted by Gasteiger charge is -2.01. The van der Waals surface area contributed by atoms with Crippen LogP contribution in [0.4, 0.5) is 0 Å². The van der Waals surface area contributed by atoms with Gasteiger partial charge in [0.2, 0.25) is 0 Å². The van der Waals surface area contributed by atoms with Crippen molar-refractivity contribution in [1.29, 1.82) is 0 Å². The van der Waals surface area contributed by atoms with Gasteiger partial charge in [-0.2, -0.15) is 0 Å². The number of hydrogen-bond donors (Lipinski definition) is 0. The molecule has 2 nitrogen and oxygen atoms in total. The van der Waals surface area contributed by atoms with Gasteiger partial charge in [0.1, 0.15) is 10.8 Å². The Morgan fingerprint density at radius 2 is 2.29 bits per heavy atom. The van der Waals surface area contributed by atoms with Crippen LogP contribution in [0.2, 0.25) is 0 Å². The molecule has 14 heavy (non-hydrogen) atoms. The lowest BCUT2D eigenvalue weighted by molar-refractivity contribution is -0.118. The molecule has 1 aromatic rings. The largest absolute Gasteiger partial charge is 0.299 e. The summed E-state index contributed by atoms with van der Waals surface area (Å²) < 4.78 is 0. The molecule has 1 aromatic heterocycles. The lowest BCUT2D eigenvalue weighted by Crippen LogP contribution is -2.04. The third kappa shape index (κ3) is 4.01. The van der Waals surface area contributed by atoms with Gasteiger partial charge in [0, 0.05) is 17.5 Å². The Balaban J connectivity index is 2.34. The van der Waals surface area contributed by atoms with Crippen LogP contribution < -0.4 is 0 Å². The molecule has 0 N–H and O–H groups in total. The van der Waals surface area contributed by atoms with Crippen molar-refractivity contribution >= 4 is 17.1 Å². The van der Waals surface area contributed by atoms with Gasteiger partial charge in [0.05, 0.1) is 6.42 Å². The molecule has 0 aliphatic heterocycles. The maximum atomic E-state index is 11.5. The van der Waals surface area contributed by atoms with Crippen LogP contribution >= 0.6 is 11.3 Å². The first-order chi connectivity index (χ1) is 6.58. The van der Waals surface area contributed by atoms with Gasteiger partial charge >= 0.3 is 0 Å². The number of rotatable bonds is 5. The van der Waals surface area contributed by atoms with Crippen LogP contribution in [-0.2, 0) is 11.2 Å². The van der Waals surface area contributed by atoms with Gasteiger partial charge in [-0.3, -0.25) is 4.79 Å². The van der Waals surface area contributed by atoms with Crippen LogP contribution in [-0.4, -0.2) is 10.8 Å². The summed E-state index contributed by atoms with van der Waals surface area (Å²) in [7, 11) is 0.